The van der Waals surface area contributed by atoms with Crippen LogP contribution >= 0.6 is 11.6 Å². The molecule has 1 fully saturated rings. The number of nitrogens with zero attached hydrogens (tertiary/aromatic N) is 1. The van der Waals surface area contributed by atoms with Crippen LogP contribution in [0.25, 0.3) is 0 Å². The zero-order valence-corrected chi connectivity index (χ0v) is 25.3. The maximum atomic E-state index is 13.2. The Labute approximate surface area is 248 Å². The molecular formula is C32H39ClN2O5S. The third-order valence-electron chi connectivity index (χ3n) is 9.93. The smallest absolute Gasteiger partial charge is 0.264 e. The highest BCUT2D eigenvalue weighted by Crippen LogP contribution is 2.48. The van der Waals surface area contributed by atoms with Crippen LogP contribution in [0, 0.1) is 17.8 Å². The summed E-state index contributed by atoms with van der Waals surface area (Å²) in [5, 5.41) is 11.1. The van der Waals surface area contributed by atoms with E-state index in [-0.39, 0.29) is 29.2 Å². The van der Waals surface area contributed by atoms with Gasteiger partial charge in [-0.1, -0.05) is 36.7 Å². The van der Waals surface area contributed by atoms with Gasteiger partial charge in [0.1, 0.15) is 5.75 Å². The molecule has 0 radical (unpaired) electrons. The Hall–Kier alpha value is -2.55. The average Bonchev–Trinajstić information content (AvgIpc) is 3.08. The molecule has 2 N–H and O–H groups in total. The summed E-state index contributed by atoms with van der Waals surface area (Å²) in [5.74, 6) is 0.923. The lowest BCUT2D eigenvalue weighted by molar-refractivity contribution is -0.0223. The van der Waals surface area contributed by atoms with Crippen LogP contribution in [-0.4, -0.2) is 50.5 Å². The number of allylic oxidation sites excluding steroid dienone is 1. The quantitative estimate of drug-likeness (QED) is 0.403. The van der Waals surface area contributed by atoms with Gasteiger partial charge in [-0.3, -0.25) is 4.79 Å². The molecule has 0 saturated heterocycles. The Bertz CT molecular complexity index is 1480. The zero-order chi connectivity index (χ0) is 28.9. The van der Waals surface area contributed by atoms with Crippen LogP contribution in [0.2, 0.25) is 5.02 Å². The van der Waals surface area contributed by atoms with Crippen LogP contribution in [0.1, 0.15) is 67.4 Å². The van der Waals surface area contributed by atoms with Gasteiger partial charge in [-0.2, -0.15) is 0 Å². The molecule has 6 atom stereocenters. The normalized spacial score (nSPS) is 33.8. The minimum atomic E-state index is -3.89. The molecule has 41 heavy (non-hydrogen) atoms. The predicted octanol–water partition coefficient (Wildman–Crippen LogP) is 5.24. The lowest BCUT2D eigenvalue weighted by atomic mass is 9.62. The van der Waals surface area contributed by atoms with Crippen molar-refractivity contribution in [3.63, 3.8) is 0 Å². The molecule has 2 aliphatic carbocycles. The van der Waals surface area contributed by atoms with Crippen LogP contribution < -0.4 is 14.4 Å². The van der Waals surface area contributed by atoms with Gasteiger partial charge in [0, 0.05) is 29.1 Å². The standard InChI is InChI=1S/C32H39ClN2O5S/c1-20-14-25-26(20)17-35-18-32(13-5-7-22-15-24(33)10-11-27(22)32)19-40-30-12-9-23(16-28(30)35)31(37)34-41(38,39)21(2)6-3-4-8-29(25)36/h3-4,9-12,15-16,20-21,25-26,29,36H,5-8,13-14,17-19H2,1-2H3,(H,34,37)/b4-3+/t20-,21-,25-,26-,29+,32+/m1/s1. The van der Waals surface area contributed by atoms with E-state index in [1.165, 1.54) is 11.1 Å². The minimum absolute atomic E-state index is 0.149. The summed E-state index contributed by atoms with van der Waals surface area (Å²) in [6.07, 6.45) is 7.85. The van der Waals surface area contributed by atoms with Crippen molar-refractivity contribution >= 4 is 33.2 Å². The number of aliphatic hydroxyl groups is 1. The SMILES string of the molecule is C[C@@H]1C[C@@H]2[C@@H]1CN1C[C@@]3(CCCc4cc(Cl)ccc43)COc3ccc(cc31)C(=O)NS(=O)(=O)[C@H](C)C/C=C/C[C@@H]2O. The van der Waals surface area contributed by atoms with E-state index in [9.17, 15) is 18.3 Å². The summed E-state index contributed by atoms with van der Waals surface area (Å²) in [7, 11) is -3.89. The van der Waals surface area contributed by atoms with Gasteiger partial charge >= 0.3 is 0 Å². The Morgan fingerprint density at radius 2 is 1.90 bits per heavy atom. The second-order valence-electron chi connectivity index (χ2n) is 12.6. The summed E-state index contributed by atoms with van der Waals surface area (Å²) >= 11 is 6.39. The van der Waals surface area contributed by atoms with Crippen molar-refractivity contribution in [2.75, 3.05) is 24.6 Å². The molecule has 0 aromatic heterocycles. The van der Waals surface area contributed by atoms with Gasteiger partial charge in [0.05, 0.1) is 23.6 Å². The number of hydrogen-bond donors (Lipinski definition) is 2. The molecule has 9 heteroatoms. The molecule has 2 aliphatic heterocycles. The number of fused-ring (bicyclic) bond motifs is 4. The van der Waals surface area contributed by atoms with Crippen LogP contribution in [0.4, 0.5) is 5.69 Å². The summed E-state index contributed by atoms with van der Waals surface area (Å²) in [6.45, 7) is 5.75. The van der Waals surface area contributed by atoms with Crippen molar-refractivity contribution < 1.29 is 23.1 Å². The molecule has 4 aliphatic rings. The average molecular weight is 599 g/mol. The molecule has 2 bridgehead atoms. The van der Waals surface area contributed by atoms with E-state index < -0.39 is 27.3 Å². The number of hydrogen-bond acceptors (Lipinski definition) is 6. The zero-order valence-electron chi connectivity index (χ0n) is 23.7. The molecule has 0 unspecified atom stereocenters. The fourth-order valence-electron chi connectivity index (χ4n) is 7.39. The monoisotopic (exact) mass is 598 g/mol. The molecule has 7 nitrogen and oxygen atoms in total. The van der Waals surface area contributed by atoms with E-state index in [1.807, 2.05) is 12.1 Å². The van der Waals surface area contributed by atoms with Gasteiger partial charge in [0.2, 0.25) is 10.0 Å². The number of amides is 1. The highest BCUT2D eigenvalue weighted by Gasteiger charge is 2.46. The molecule has 1 amide bonds. The van der Waals surface area contributed by atoms with Crippen LogP contribution in [0.5, 0.6) is 5.75 Å². The van der Waals surface area contributed by atoms with Crippen molar-refractivity contribution in [2.45, 2.75) is 69.1 Å². The van der Waals surface area contributed by atoms with Crippen molar-refractivity contribution in [3.05, 3.63) is 70.3 Å². The van der Waals surface area contributed by atoms with E-state index >= 15 is 0 Å². The van der Waals surface area contributed by atoms with Crippen molar-refractivity contribution in [2.24, 2.45) is 17.8 Å². The van der Waals surface area contributed by atoms with E-state index in [1.54, 1.807) is 31.2 Å². The number of sulfonamides is 1. The molecule has 6 rings (SSSR count). The topological polar surface area (TPSA) is 95.9 Å². The van der Waals surface area contributed by atoms with E-state index in [4.69, 9.17) is 16.3 Å². The van der Waals surface area contributed by atoms with Gasteiger partial charge in [-0.15, -0.1) is 0 Å². The Balaban J connectivity index is 1.43. The predicted molar refractivity (Wildman–Crippen MR) is 161 cm³/mol. The highest BCUT2D eigenvalue weighted by molar-refractivity contribution is 7.90. The maximum Gasteiger partial charge on any atom is 0.264 e. The number of halogens is 1. The number of aliphatic hydroxyl groups excluding tert-OH is 1. The van der Waals surface area contributed by atoms with Crippen LogP contribution in [0.15, 0.2) is 48.6 Å². The Morgan fingerprint density at radius 1 is 1.10 bits per heavy atom. The van der Waals surface area contributed by atoms with E-state index in [0.29, 0.717) is 37.8 Å². The fourth-order valence-corrected chi connectivity index (χ4v) is 8.52. The third-order valence-corrected chi connectivity index (χ3v) is 11.9. The van der Waals surface area contributed by atoms with Gasteiger partial charge in [-0.25, -0.2) is 13.1 Å². The summed E-state index contributed by atoms with van der Waals surface area (Å²) in [6, 6.07) is 11.4. The van der Waals surface area contributed by atoms with Crippen LogP contribution in [0.3, 0.4) is 0 Å². The number of carbonyl (C=O) groups excluding carboxylic acids is 1. The summed E-state index contributed by atoms with van der Waals surface area (Å²) < 4.78 is 34.7. The summed E-state index contributed by atoms with van der Waals surface area (Å²) in [5.41, 5.74) is 3.32. The number of nitrogens with one attached hydrogen (secondary N) is 1. The second kappa shape index (κ2) is 10.9. The highest BCUT2D eigenvalue weighted by atomic mass is 35.5. The number of ether oxygens (including phenoxy) is 1. The van der Waals surface area contributed by atoms with Crippen molar-refractivity contribution in [3.8, 4) is 5.75 Å². The lowest BCUT2D eigenvalue weighted by Gasteiger charge is -2.49. The fraction of sp³-hybridized carbons (Fsp3) is 0.531. The lowest BCUT2D eigenvalue weighted by Crippen LogP contribution is -2.52. The number of aryl methyl sites for hydroxylation is 1. The third kappa shape index (κ3) is 5.39. The first-order chi connectivity index (χ1) is 19.6. The van der Waals surface area contributed by atoms with E-state index in [0.717, 1.165) is 36.4 Å². The molecule has 2 aromatic carbocycles. The first kappa shape index (κ1) is 28.6. The molecule has 2 heterocycles. The number of anilines is 1. The first-order valence-electron chi connectivity index (χ1n) is 14.8. The number of benzene rings is 2. The molecule has 1 saturated carbocycles. The van der Waals surface area contributed by atoms with Gasteiger partial charge in [0.15, 0.2) is 0 Å². The van der Waals surface area contributed by atoms with Gasteiger partial charge in [0.25, 0.3) is 5.91 Å². The first-order valence-corrected chi connectivity index (χ1v) is 16.7. The van der Waals surface area contributed by atoms with Crippen molar-refractivity contribution in [1.29, 1.82) is 0 Å². The van der Waals surface area contributed by atoms with Crippen molar-refractivity contribution in [1.82, 2.24) is 4.72 Å². The largest absolute Gasteiger partial charge is 0.490 e. The minimum Gasteiger partial charge on any atom is -0.490 e. The Kier molecular flexibility index (Phi) is 7.62. The maximum absolute atomic E-state index is 13.2. The number of rotatable bonds is 0. The molecule has 1 spiro atoms. The van der Waals surface area contributed by atoms with Gasteiger partial charge in [-0.05, 0) is 105 Å². The van der Waals surface area contributed by atoms with E-state index in [2.05, 4.69) is 28.7 Å². The Morgan fingerprint density at radius 3 is 2.71 bits per heavy atom. The second-order valence-corrected chi connectivity index (χ2v) is 15.2. The van der Waals surface area contributed by atoms with Crippen LogP contribution in [-0.2, 0) is 21.9 Å². The summed E-state index contributed by atoms with van der Waals surface area (Å²) in [4.78, 5) is 15.6. The molecule has 2 aromatic rings. The molecular weight excluding hydrogens is 560 g/mol. The number of carbonyl (C=O) groups is 1. The van der Waals surface area contributed by atoms with Gasteiger partial charge < -0.3 is 14.7 Å². The molecule has 220 valence electrons.